The molecule has 0 fully saturated rings. The Morgan fingerprint density at radius 3 is 2.44 bits per heavy atom. The lowest BCUT2D eigenvalue weighted by Crippen LogP contribution is -2.15. The summed E-state index contributed by atoms with van der Waals surface area (Å²) in [7, 11) is -1.43. The second-order valence-corrected chi connectivity index (χ2v) is 7.09. The zero-order valence-corrected chi connectivity index (χ0v) is 15.4. The Hall–Kier alpha value is -3.04. The molecule has 0 aliphatic carbocycles. The standard InChI is InChI=1S/C18H17NO7S/c1-23-15-9-17(24-2)18(27(19,21)22)8-12(15)13(20)5-3-11-4-6-14-16(7-11)26-10-25-14/h3-9H,10H2,1-2H3,(H2,19,21,22)/b5-3+. The molecule has 0 unspecified atom stereocenters. The third-order valence-corrected chi connectivity index (χ3v) is 4.81. The topological polar surface area (TPSA) is 114 Å². The number of ether oxygens (including phenoxy) is 4. The number of hydrogen-bond donors (Lipinski definition) is 1. The van der Waals surface area contributed by atoms with Gasteiger partial charge in [-0.05, 0) is 29.8 Å². The van der Waals surface area contributed by atoms with Crippen LogP contribution in [0.25, 0.3) is 6.08 Å². The lowest BCUT2D eigenvalue weighted by atomic mass is 10.1. The highest BCUT2D eigenvalue weighted by Gasteiger charge is 2.21. The highest BCUT2D eigenvalue weighted by Crippen LogP contribution is 2.34. The summed E-state index contributed by atoms with van der Waals surface area (Å²) >= 11 is 0. The van der Waals surface area contributed by atoms with Gasteiger partial charge in [-0.25, -0.2) is 13.6 Å². The van der Waals surface area contributed by atoms with E-state index in [4.69, 9.17) is 24.1 Å². The molecule has 3 rings (SSSR count). The van der Waals surface area contributed by atoms with Gasteiger partial charge in [-0.3, -0.25) is 4.79 Å². The number of methoxy groups -OCH3 is 2. The molecule has 0 spiro atoms. The number of sulfonamides is 1. The Labute approximate surface area is 156 Å². The zero-order chi connectivity index (χ0) is 19.6. The van der Waals surface area contributed by atoms with E-state index in [0.29, 0.717) is 17.1 Å². The average molecular weight is 391 g/mol. The van der Waals surface area contributed by atoms with Gasteiger partial charge >= 0.3 is 0 Å². The first kappa shape index (κ1) is 18.7. The molecule has 2 aromatic carbocycles. The van der Waals surface area contributed by atoms with Gasteiger partial charge in [0.15, 0.2) is 17.3 Å². The van der Waals surface area contributed by atoms with Crippen LogP contribution in [0.3, 0.4) is 0 Å². The first-order valence-electron chi connectivity index (χ1n) is 7.74. The smallest absolute Gasteiger partial charge is 0.241 e. The molecular formula is C18H17NO7S. The van der Waals surface area contributed by atoms with E-state index in [2.05, 4.69) is 0 Å². The number of ketones is 1. The summed E-state index contributed by atoms with van der Waals surface area (Å²) in [4.78, 5) is 12.3. The lowest BCUT2D eigenvalue weighted by molar-refractivity contribution is 0.104. The molecule has 2 aromatic rings. The predicted molar refractivity (Wildman–Crippen MR) is 96.8 cm³/mol. The van der Waals surface area contributed by atoms with Crippen LogP contribution in [0.4, 0.5) is 0 Å². The van der Waals surface area contributed by atoms with E-state index in [1.807, 2.05) is 0 Å². The Morgan fingerprint density at radius 1 is 1.07 bits per heavy atom. The third-order valence-electron chi connectivity index (χ3n) is 3.88. The number of rotatable bonds is 6. The summed E-state index contributed by atoms with van der Waals surface area (Å²) in [6.07, 6.45) is 2.87. The number of carbonyl (C=O) groups is 1. The molecule has 0 radical (unpaired) electrons. The van der Waals surface area contributed by atoms with Crippen LogP contribution >= 0.6 is 0 Å². The summed E-state index contributed by atoms with van der Waals surface area (Å²) in [5.41, 5.74) is 0.756. The molecule has 1 aliphatic rings. The molecule has 0 aromatic heterocycles. The van der Waals surface area contributed by atoms with Crippen LogP contribution in [0.1, 0.15) is 15.9 Å². The molecule has 0 saturated heterocycles. The highest BCUT2D eigenvalue weighted by atomic mass is 32.2. The molecule has 0 saturated carbocycles. The van der Waals surface area contributed by atoms with Gasteiger partial charge in [0.2, 0.25) is 16.8 Å². The lowest BCUT2D eigenvalue weighted by Gasteiger charge is -2.12. The Balaban J connectivity index is 1.96. The fourth-order valence-corrected chi connectivity index (χ4v) is 3.27. The van der Waals surface area contributed by atoms with Gasteiger partial charge < -0.3 is 18.9 Å². The van der Waals surface area contributed by atoms with E-state index in [1.165, 1.54) is 26.4 Å². The summed E-state index contributed by atoms with van der Waals surface area (Å²) in [5, 5.41) is 5.21. The van der Waals surface area contributed by atoms with Crippen LogP contribution in [0, 0.1) is 0 Å². The van der Waals surface area contributed by atoms with Crippen LogP contribution in [0.5, 0.6) is 23.0 Å². The first-order chi connectivity index (χ1) is 12.8. The summed E-state index contributed by atoms with van der Waals surface area (Å²) in [6.45, 7) is 0.154. The van der Waals surface area contributed by atoms with Crippen molar-refractivity contribution >= 4 is 21.9 Å². The number of allylic oxidation sites excluding steroid dienone is 1. The predicted octanol–water partition coefficient (Wildman–Crippen LogP) is 1.98. The second-order valence-electron chi connectivity index (χ2n) is 5.56. The SMILES string of the molecule is COc1cc(OC)c(S(N)(=O)=O)cc1C(=O)/C=C/c1ccc2c(c1)OCO2. The minimum Gasteiger partial charge on any atom is -0.496 e. The first-order valence-corrected chi connectivity index (χ1v) is 9.29. The number of nitrogens with two attached hydrogens (primary N) is 1. The molecule has 8 nitrogen and oxygen atoms in total. The quantitative estimate of drug-likeness (QED) is 0.591. The van der Waals surface area contributed by atoms with Crippen molar-refractivity contribution in [3.8, 4) is 23.0 Å². The molecule has 0 bridgehead atoms. The number of carbonyl (C=O) groups excluding carboxylic acids is 1. The molecule has 0 atom stereocenters. The van der Waals surface area contributed by atoms with Crippen LogP contribution in [0.15, 0.2) is 41.3 Å². The summed E-state index contributed by atoms with van der Waals surface area (Å²) < 4.78 is 44.3. The minimum absolute atomic E-state index is 0.00866. The fourth-order valence-electron chi connectivity index (χ4n) is 2.56. The van der Waals surface area contributed by atoms with Gasteiger partial charge in [0, 0.05) is 6.07 Å². The van der Waals surface area contributed by atoms with E-state index in [0.717, 1.165) is 6.07 Å². The van der Waals surface area contributed by atoms with Gasteiger partial charge in [-0.2, -0.15) is 0 Å². The largest absolute Gasteiger partial charge is 0.496 e. The maximum atomic E-state index is 12.6. The van der Waals surface area contributed by atoms with Crippen molar-refractivity contribution in [2.24, 2.45) is 5.14 Å². The summed E-state index contributed by atoms with van der Waals surface area (Å²) in [6, 6.07) is 7.67. The van der Waals surface area contributed by atoms with Gasteiger partial charge in [0.05, 0.1) is 19.8 Å². The van der Waals surface area contributed by atoms with Crippen molar-refractivity contribution in [2.45, 2.75) is 4.90 Å². The molecule has 142 valence electrons. The molecular weight excluding hydrogens is 374 g/mol. The van der Waals surface area contributed by atoms with Gasteiger partial charge in [-0.1, -0.05) is 12.1 Å². The van der Waals surface area contributed by atoms with E-state index >= 15 is 0 Å². The fraction of sp³-hybridized carbons (Fsp3) is 0.167. The van der Waals surface area contributed by atoms with Crippen LogP contribution < -0.4 is 24.1 Å². The minimum atomic E-state index is -4.09. The second kappa shape index (κ2) is 7.29. The van der Waals surface area contributed by atoms with Gasteiger partial charge in [0.1, 0.15) is 16.4 Å². The van der Waals surface area contributed by atoms with Gasteiger partial charge in [0.25, 0.3) is 0 Å². The maximum Gasteiger partial charge on any atom is 0.241 e. The molecule has 1 heterocycles. The van der Waals surface area contributed by atoms with Crippen molar-refractivity contribution in [1.82, 2.24) is 0 Å². The normalized spacial score (nSPS) is 13.0. The van der Waals surface area contributed by atoms with Crippen LogP contribution in [-0.2, 0) is 10.0 Å². The molecule has 27 heavy (non-hydrogen) atoms. The van der Waals surface area contributed by atoms with Crippen molar-refractivity contribution in [2.75, 3.05) is 21.0 Å². The Bertz CT molecular complexity index is 1030. The molecule has 2 N–H and O–H groups in total. The van der Waals surface area contributed by atoms with Crippen molar-refractivity contribution in [3.05, 3.63) is 47.5 Å². The van der Waals surface area contributed by atoms with E-state index in [-0.39, 0.29) is 28.8 Å². The van der Waals surface area contributed by atoms with Crippen molar-refractivity contribution in [3.63, 3.8) is 0 Å². The van der Waals surface area contributed by atoms with E-state index in [9.17, 15) is 13.2 Å². The number of hydrogen-bond acceptors (Lipinski definition) is 7. The van der Waals surface area contributed by atoms with Gasteiger partial charge in [-0.15, -0.1) is 0 Å². The monoisotopic (exact) mass is 391 g/mol. The number of primary sulfonamides is 1. The van der Waals surface area contributed by atoms with E-state index < -0.39 is 15.8 Å². The van der Waals surface area contributed by atoms with Crippen LogP contribution in [0.2, 0.25) is 0 Å². The zero-order valence-electron chi connectivity index (χ0n) is 14.6. The highest BCUT2D eigenvalue weighted by molar-refractivity contribution is 7.89. The van der Waals surface area contributed by atoms with Crippen LogP contribution in [-0.4, -0.2) is 35.2 Å². The average Bonchev–Trinajstić information content (AvgIpc) is 3.11. The molecule has 0 amide bonds. The summed E-state index contributed by atoms with van der Waals surface area (Å²) in [5.74, 6) is 0.915. The molecule has 1 aliphatic heterocycles. The van der Waals surface area contributed by atoms with E-state index in [1.54, 1.807) is 24.3 Å². The third kappa shape index (κ3) is 3.88. The molecule has 9 heteroatoms. The Morgan fingerprint density at radius 2 is 1.78 bits per heavy atom. The van der Waals surface area contributed by atoms with Crippen molar-refractivity contribution < 1.29 is 32.2 Å². The Kier molecular flexibility index (Phi) is 5.06. The maximum absolute atomic E-state index is 12.6. The number of benzene rings is 2. The number of fused-ring (bicyclic) bond motifs is 1. The van der Waals surface area contributed by atoms with Crippen molar-refractivity contribution in [1.29, 1.82) is 0 Å².